The fraction of sp³-hybridized carbons (Fsp3) is 0.538. The summed E-state index contributed by atoms with van der Waals surface area (Å²) in [6, 6.07) is 0.194. The van der Waals surface area contributed by atoms with Crippen LogP contribution >= 0.6 is 0 Å². The summed E-state index contributed by atoms with van der Waals surface area (Å²) in [6.45, 7) is 0. The normalized spacial score (nSPS) is 24.3. The van der Waals surface area contributed by atoms with Crippen LogP contribution < -0.4 is 5.32 Å². The molecule has 1 amide bonds. The molecule has 0 unspecified atom stereocenters. The Bertz CT molecular complexity index is 431. The first-order valence-corrected chi connectivity index (χ1v) is 6.29. The summed E-state index contributed by atoms with van der Waals surface area (Å²) in [5.41, 5.74) is 0.909. The highest BCUT2D eigenvalue weighted by Crippen LogP contribution is 2.18. The van der Waals surface area contributed by atoms with Gasteiger partial charge in [0.05, 0.1) is 12.3 Å². The molecule has 0 spiro atoms. The molecule has 0 aliphatic heterocycles. The summed E-state index contributed by atoms with van der Waals surface area (Å²) in [6.07, 6.45) is 9.91. The van der Waals surface area contributed by atoms with Crippen LogP contribution in [0.15, 0.2) is 18.5 Å². The predicted octanol–water partition coefficient (Wildman–Crippen LogP) is 0.853. The van der Waals surface area contributed by atoms with Gasteiger partial charge in [0.15, 0.2) is 0 Å². The fourth-order valence-electron chi connectivity index (χ4n) is 2.17. The Kier molecular flexibility index (Phi) is 4.15. The molecular weight excluding hydrogens is 230 g/mol. The first kappa shape index (κ1) is 12.8. The maximum Gasteiger partial charge on any atom is 0.244 e. The van der Waals surface area contributed by atoms with Crippen LogP contribution in [0.4, 0.5) is 0 Å². The number of nitrogens with one attached hydrogen (secondary N) is 1. The topological polar surface area (TPSA) is 67.2 Å². The van der Waals surface area contributed by atoms with Gasteiger partial charge in [0, 0.05) is 30.9 Å². The second-order valence-electron chi connectivity index (χ2n) is 4.79. The van der Waals surface area contributed by atoms with Gasteiger partial charge in [-0.15, -0.1) is 0 Å². The van der Waals surface area contributed by atoms with Crippen LogP contribution in [-0.2, 0) is 11.8 Å². The van der Waals surface area contributed by atoms with Crippen LogP contribution in [0.2, 0.25) is 0 Å². The molecule has 5 heteroatoms. The molecule has 0 bridgehead atoms. The molecule has 0 saturated heterocycles. The van der Waals surface area contributed by atoms with E-state index >= 15 is 0 Å². The molecule has 0 atom stereocenters. The summed E-state index contributed by atoms with van der Waals surface area (Å²) in [7, 11) is 1.84. The number of carbonyl (C=O) groups is 1. The lowest BCUT2D eigenvalue weighted by Gasteiger charge is -2.25. The van der Waals surface area contributed by atoms with Crippen LogP contribution in [0.25, 0.3) is 6.08 Å². The lowest BCUT2D eigenvalue weighted by molar-refractivity contribution is -0.117. The Morgan fingerprint density at radius 3 is 2.83 bits per heavy atom. The molecule has 98 valence electrons. The largest absolute Gasteiger partial charge is 0.393 e. The smallest absolute Gasteiger partial charge is 0.244 e. The van der Waals surface area contributed by atoms with Gasteiger partial charge < -0.3 is 10.4 Å². The van der Waals surface area contributed by atoms with E-state index < -0.39 is 0 Å². The van der Waals surface area contributed by atoms with Gasteiger partial charge in [-0.05, 0) is 31.8 Å². The molecule has 1 heterocycles. The van der Waals surface area contributed by atoms with E-state index in [0.29, 0.717) is 0 Å². The van der Waals surface area contributed by atoms with E-state index in [1.807, 2.05) is 13.2 Å². The van der Waals surface area contributed by atoms with E-state index in [-0.39, 0.29) is 18.1 Å². The van der Waals surface area contributed by atoms with E-state index in [2.05, 4.69) is 10.4 Å². The van der Waals surface area contributed by atoms with Crippen LogP contribution in [0.3, 0.4) is 0 Å². The molecule has 5 nitrogen and oxygen atoms in total. The Balaban J connectivity index is 1.80. The van der Waals surface area contributed by atoms with Gasteiger partial charge in [-0.1, -0.05) is 0 Å². The Labute approximate surface area is 106 Å². The fourth-order valence-corrected chi connectivity index (χ4v) is 2.17. The molecule has 1 aliphatic carbocycles. The van der Waals surface area contributed by atoms with Crippen molar-refractivity contribution < 1.29 is 9.90 Å². The number of hydrogen-bond acceptors (Lipinski definition) is 3. The Hall–Kier alpha value is -1.62. The zero-order valence-electron chi connectivity index (χ0n) is 10.5. The average Bonchev–Trinajstić information content (AvgIpc) is 2.76. The van der Waals surface area contributed by atoms with Crippen molar-refractivity contribution in [3.8, 4) is 0 Å². The van der Waals surface area contributed by atoms with Crippen molar-refractivity contribution in [2.75, 3.05) is 0 Å². The van der Waals surface area contributed by atoms with Gasteiger partial charge in [0.2, 0.25) is 5.91 Å². The number of rotatable bonds is 3. The molecule has 2 N–H and O–H groups in total. The molecule has 0 aromatic carbocycles. The number of nitrogens with zero attached hydrogens (tertiary/aromatic N) is 2. The summed E-state index contributed by atoms with van der Waals surface area (Å²) >= 11 is 0. The molecule has 1 fully saturated rings. The van der Waals surface area contributed by atoms with Gasteiger partial charge in [0.1, 0.15) is 0 Å². The van der Waals surface area contributed by atoms with Gasteiger partial charge in [-0.2, -0.15) is 5.10 Å². The lowest BCUT2D eigenvalue weighted by Crippen LogP contribution is -2.37. The predicted molar refractivity (Wildman–Crippen MR) is 68.6 cm³/mol. The van der Waals surface area contributed by atoms with E-state index in [0.717, 1.165) is 31.2 Å². The number of aromatic nitrogens is 2. The third kappa shape index (κ3) is 3.70. The number of aliphatic hydroxyl groups excluding tert-OH is 1. The third-order valence-electron chi connectivity index (χ3n) is 3.20. The van der Waals surface area contributed by atoms with E-state index in [4.69, 9.17) is 0 Å². The minimum absolute atomic E-state index is 0.0831. The summed E-state index contributed by atoms with van der Waals surface area (Å²) < 4.78 is 1.69. The number of aryl methyl sites for hydroxylation is 1. The van der Waals surface area contributed by atoms with E-state index in [9.17, 15) is 9.90 Å². The van der Waals surface area contributed by atoms with Gasteiger partial charge in [-0.25, -0.2) is 0 Å². The zero-order chi connectivity index (χ0) is 13.0. The van der Waals surface area contributed by atoms with Crippen molar-refractivity contribution in [2.24, 2.45) is 7.05 Å². The first-order valence-electron chi connectivity index (χ1n) is 6.29. The SMILES string of the molecule is Cn1cc(/C=C/C(=O)NC2CCC(O)CC2)cn1. The summed E-state index contributed by atoms with van der Waals surface area (Å²) in [5, 5.41) is 16.4. The Morgan fingerprint density at radius 2 is 2.22 bits per heavy atom. The number of hydrogen-bond donors (Lipinski definition) is 2. The monoisotopic (exact) mass is 249 g/mol. The summed E-state index contributed by atoms with van der Waals surface area (Å²) in [5.74, 6) is -0.0831. The van der Waals surface area contributed by atoms with Gasteiger partial charge in [0.25, 0.3) is 0 Å². The van der Waals surface area contributed by atoms with Crippen molar-refractivity contribution in [1.82, 2.24) is 15.1 Å². The van der Waals surface area contributed by atoms with E-state index in [1.165, 1.54) is 6.08 Å². The highest BCUT2D eigenvalue weighted by molar-refractivity contribution is 5.91. The first-order chi connectivity index (χ1) is 8.63. The highest BCUT2D eigenvalue weighted by atomic mass is 16.3. The van der Waals surface area contributed by atoms with Crippen LogP contribution in [0.1, 0.15) is 31.2 Å². The Morgan fingerprint density at radius 1 is 1.50 bits per heavy atom. The molecular formula is C13H19N3O2. The van der Waals surface area contributed by atoms with Crippen molar-refractivity contribution in [2.45, 2.75) is 37.8 Å². The van der Waals surface area contributed by atoms with E-state index in [1.54, 1.807) is 17.0 Å². The minimum Gasteiger partial charge on any atom is -0.393 e. The van der Waals surface area contributed by atoms with Crippen molar-refractivity contribution in [1.29, 1.82) is 0 Å². The number of amides is 1. The zero-order valence-corrected chi connectivity index (χ0v) is 10.5. The molecule has 1 aromatic heterocycles. The lowest BCUT2D eigenvalue weighted by atomic mass is 9.93. The molecule has 1 aliphatic rings. The quantitative estimate of drug-likeness (QED) is 0.781. The van der Waals surface area contributed by atoms with Crippen LogP contribution in [0.5, 0.6) is 0 Å². The molecule has 1 aromatic rings. The maximum absolute atomic E-state index is 11.7. The third-order valence-corrected chi connectivity index (χ3v) is 3.20. The minimum atomic E-state index is -0.191. The van der Waals surface area contributed by atoms with Crippen molar-refractivity contribution in [3.05, 3.63) is 24.0 Å². The molecule has 1 saturated carbocycles. The average molecular weight is 249 g/mol. The molecule has 18 heavy (non-hydrogen) atoms. The highest BCUT2D eigenvalue weighted by Gasteiger charge is 2.19. The number of carbonyl (C=O) groups excluding carboxylic acids is 1. The van der Waals surface area contributed by atoms with Gasteiger partial charge in [-0.3, -0.25) is 9.48 Å². The second kappa shape index (κ2) is 5.82. The van der Waals surface area contributed by atoms with Crippen LogP contribution in [0, 0.1) is 0 Å². The van der Waals surface area contributed by atoms with Crippen LogP contribution in [-0.4, -0.2) is 32.9 Å². The van der Waals surface area contributed by atoms with Gasteiger partial charge >= 0.3 is 0 Å². The standard InChI is InChI=1S/C13H19N3O2/c1-16-9-10(8-14-16)2-7-13(18)15-11-3-5-12(17)6-4-11/h2,7-9,11-12,17H,3-6H2,1H3,(H,15,18)/b7-2+. The number of aliphatic hydroxyl groups is 1. The maximum atomic E-state index is 11.7. The van der Waals surface area contributed by atoms with Crippen molar-refractivity contribution in [3.63, 3.8) is 0 Å². The second-order valence-corrected chi connectivity index (χ2v) is 4.79. The van der Waals surface area contributed by atoms with Crippen molar-refractivity contribution >= 4 is 12.0 Å². The molecule has 0 radical (unpaired) electrons. The summed E-state index contributed by atoms with van der Waals surface area (Å²) in [4.78, 5) is 11.7. The molecule has 2 rings (SSSR count).